The first-order valence-corrected chi connectivity index (χ1v) is 5.76. The summed E-state index contributed by atoms with van der Waals surface area (Å²) in [5.41, 5.74) is 2.49. The molecule has 0 spiro atoms. The summed E-state index contributed by atoms with van der Waals surface area (Å²) in [5, 5.41) is 3.14. The average molecular weight is 221 g/mol. The Morgan fingerprint density at radius 3 is 2.62 bits per heavy atom. The molecule has 0 bridgehead atoms. The van der Waals surface area contributed by atoms with Gasteiger partial charge in [0.15, 0.2) is 11.5 Å². The predicted octanol–water partition coefficient (Wildman–Crippen LogP) is 2.05. The van der Waals surface area contributed by atoms with Crippen molar-refractivity contribution in [2.75, 3.05) is 20.2 Å². The summed E-state index contributed by atoms with van der Waals surface area (Å²) in [7, 11) is 1.94. The normalized spacial score (nSPS) is 19.3. The van der Waals surface area contributed by atoms with E-state index in [2.05, 4.69) is 31.3 Å². The lowest BCUT2D eigenvalue weighted by molar-refractivity contribution is 0.190. The molecule has 1 aromatic rings. The minimum atomic E-state index is 0.202. The number of likely N-dealkylation sites (N-methyl/N-ethyl adjacent to an activating group) is 1. The van der Waals surface area contributed by atoms with Gasteiger partial charge >= 0.3 is 0 Å². The van der Waals surface area contributed by atoms with Gasteiger partial charge in [-0.25, -0.2) is 0 Å². The van der Waals surface area contributed by atoms with Gasteiger partial charge < -0.3 is 14.8 Å². The number of aryl methyl sites for hydroxylation is 2. The van der Waals surface area contributed by atoms with Crippen molar-refractivity contribution in [3.8, 4) is 11.5 Å². The van der Waals surface area contributed by atoms with E-state index < -0.39 is 0 Å². The number of rotatable bonds is 2. The first kappa shape index (κ1) is 11.3. The molecule has 0 saturated heterocycles. The van der Waals surface area contributed by atoms with Crippen molar-refractivity contribution in [3.05, 3.63) is 23.3 Å². The molecule has 88 valence electrons. The third-order valence-corrected chi connectivity index (χ3v) is 2.98. The summed E-state index contributed by atoms with van der Waals surface area (Å²) >= 11 is 0. The van der Waals surface area contributed by atoms with E-state index in [1.807, 2.05) is 7.05 Å². The molecular weight excluding hydrogens is 202 g/mol. The fourth-order valence-electron chi connectivity index (χ4n) is 1.88. The summed E-state index contributed by atoms with van der Waals surface area (Å²) in [4.78, 5) is 0. The molecule has 0 aliphatic carbocycles. The first-order chi connectivity index (χ1) is 7.70. The van der Waals surface area contributed by atoms with Crippen molar-refractivity contribution < 1.29 is 9.47 Å². The van der Waals surface area contributed by atoms with Crippen LogP contribution in [-0.2, 0) is 0 Å². The van der Waals surface area contributed by atoms with Gasteiger partial charge in [-0.1, -0.05) is 0 Å². The van der Waals surface area contributed by atoms with Crippen molar-refractivity contribution in [2.45, 2.75) is 26.4 Å². The Kier molecular flexibility index (Phi) is 3.34. The second-order valence-corrected chi connectivity index (χ2v) is 4.32. The van der Waals surface area contributed by atoms with Gasteiger partial charge in [0, 0.05) is 13.0 Å². The van der Waals surface area contributed by atoms with Crippen LogP contribution in [-0.4, -0.2) is 26.3 Å². The third kappa shape index (κ3) is 2.30. The van der Waals surface area contributed by atoms with Gasteiger partial charge in [-0.05, 0) is 44.2 Å². The lowest BCUT2D eigenvalue weighted by atomic mass is 10.1. The topological polar surface area (TPSA) is 30.5 Å². The largest absolute Gasteiger partial charge is 0.490 e. The predicted molar refractivity (Wildman–Crippen MR) is 64.4 cm³/mol. The zero-order valence-electron chi connectivity index (χ0n) is 10.2. The van der Waals surface area contributed by atoms with Gasteiger partial charge in [-0.3, -0.25) is 0 Å². The molecule has 0 fully saturated rings. The Morgan fingerprint density at radius 1 is 1.25 bits per heavy atom. The molecule has 1 atom stereocenters. The maximum absolute atomic E-state index is 5.95. The molecule has 3 heteroatoms. The van der Waals surface area contributed by atoms with Gasteiger partial charge in [0.1, 0.15) is 6.10 Å². The van der Waals surface area contributed by atoms with E-state index in [9.17, 15) is 0 Å². The van der Waals surface area contributed by atoms with Gasteiger partial charge in [-0.15, -0.1) is 0 Å². The third-order valence-electron chi connectivity index (χ3n) is 2.98. The zero-order valence-corrected chi connectivity index (χ0v) is 10.2. The maximum atomic E-state index is 5.95. The highest BCUT2D eigenvalue weighted by atomic mass is 16.5. The van der Waals surface area contributed by atoms with Crippen LogP contribution in [0.2, 0.25) is 0 Å². The Bertz CT molecular complexity index is 376. The molecule has 0 aromatic heterocycles. The summed E-state index contributed by atoms with van der Waals surface area (Å²) < 4.78 is 11.7. The molecule has 3 nitrogen and oxygen atoms in total. The molecule has 2 rings (SSSR count). The molecule has 1 heterocycles. The van der Waals surface area contributed by atoms with Crippen molar-refractivity contribution in [1.29, 1.82) is 0 Å². The Balaban J connectivity index is 2.25. The highest BCUT2D eigenvalue weighted by molar-refractivity contribution is 5.47. The molecule has 1 N–H and O–H groups in total. The Labute approximate surface area is 96.8 Å². The van der Waals surface area contributed by atoms with E-state index in [-0.39, 0.29) is 6.10 Å². The minimum absolute atomic E-state index is 0.202. The molecule has 0 saturated carbocycles. The van der Waals surface area contributed by atoms with Crippen molar-refractivity contribution in [1.82, 2.24) is 5.32 Å². The van der Waals surface area contributed by atoms with E-state index >= 15 is 0 Å². The van der Waals surface area contributed by atoms with E-state index in [0.29, 0.717) is 0 Å². The standard InChI is InChI=1S/C13H19NO2/c1-9-6-12-13(7-10(9)2)16-11(8-14-3)4-5-15-12/h6-7,11,14H,4-5,8H2,1-3H3. The quantitative estimate of drug-likeness (QED) is 0.829. The van der Waals surface area contributed by atoms with Crippen LogP contribution in [0.3, 0.4) is 0 Å². The van der Waals surface area contributed by atoms with Crippen LogP contribution in [0.4, 0.5) is 0 Å². The molecule has 16 heavy (non-hydrogen) atoms. The number of fused-ring (bicyclic) bond motifs is 1. The zero-order chi connectivity index (χ0) is 11.5. The highest BCUT2D eigenvalue weighted by Crippen LogP contribution is 2.33. The van der Waals surface area contributed by atoms with Crippen LogP contribution >= 0.6 is 0 Å². The monoisotopic (exact) mass is 221 g/mol. The second kappa shape index (κ2) is 4.74. The fourth-order valence-corrected chi connectivity index (χ4v) is 1.88. The summed E-state index contributed by atoms with van der Waals surface area (Å²) in [6.07, 6.45) is 1.13. The number of nitrogens with one attached hydrogen (secondary N) is 1. The van der Waals surface area contributed by atoms with E-state index in [1.54, 1.807) is 0 Å². The average Bonchev–Trinajstić information content (AvgIpc) is 2.42. The number of benzene rings is 1. The van der Waals surface area contributed by atoms with E-state index in [4.69, 9.17) is 9.47 Å². The van der Waals surface area contributed by atoms with Gasteiger partial charge in [0.25, 0.3) is 0 Å². The Hall–Kier alpha value is -1.22. The SMILES string of the molecule is CNCC1CCOc2cc(C)c(C)cc2O1. The maximum Gasteiger partial charge on any atom is 0.161 e. The van der Waals surface area contributed by atoms with Crippen LogP contribution in [0.1, 0.15) is 17.5 Å². The van der Waals surface area contributed by atoms with Crippen LogP contribution in [0.15, 0.2) is 12.1 Å². The van der Waals surface area contributed by atoms with Gasteiger partial charge in [0.2, 0.25) is 0 Å². The molecule has 1 unspecified atom stereocenters. The highest BCUT2D eigenvalue weighted by Gasteiger charge is 2.18. The van der Waals surface area contributed by atoms with Crippen LogP contribution in [0.5, 0.6) is 11.5 Å². The summed E-state index contributed by atoms with van der Waals surface area (Å²) in [6, 6.07) is 4.13. The molecular formula is C13H19NO2. The summed E-state index contributed by atoms with van der Waals surface area (Å²) in [5.74, 6) is 1.75. The number of ether oxygens (including phenoxy) is 2. The molecule has 0 amide bonds. The summed E-state index contributed by atoms with van der Waals surface area (Å²) in [6.45, 7) is 5.77. The molecule has 1 aromatic carbocycles. The van der Waals surface area contributed by atoms with Crippen LogP contribution < -0.4 is 14.8 Å². The molecule has 1 aliphatic rings. The van der Waals surface area contributed by atoms with Crippen molar-refractivity contribution >= 4 is 0 Å². The first-order valence-electron chi connectivity index (χ1n) is 5.76. The minimum Gasteiger partial charge on any atom is -0.490 e. The van der Waals surface area contributed by atoms with Crippen molar-refractivity contribution in [3.63, 3.8) is 0 Å². The van der Waals surface area contributed by atoms with E-state index in [1.165, 1.54) is 11.1 Å². The fraction of sp³-hybridized carbons (Fsp3) is 0.538. The number of hydrogen-bond acceptors (Lipinski definition) is 3. The molecule has 1 aliphatic heterocycles. The van der Waals surface area contributed by atoms with E-state index in [0.717, 1.165) is 31.1 Å². The molecule has 0 radical (unpaired) electrons. The second-order valence-electron chi connectivity index (χ2n) is 4.32. The number of hydrogen-bond donors (Lipinski definition) is 1. The smallest absolute Gasteiger partial charge is 0.161 e. The lowest BCUT2D eigenvalue weighted by Gasteiger charge is -2.16. The van der Waals surface area contributed by atoms with Crippen LogP contribution in [0.25, 0.3) is 0 Å². The van der Waals surface area contributed by atoms with Gasteiger partial charge in [0.05, 0.1) is 6.61 Å². The Morgan fingerprint density at radius 2 is 1.94 bits per heavy atom. The lowest BCUT2D eigenvalue weighted by Crippen LogP contribution is -2.29. The van der Waals surface area contributed by atoms with Gasteiger partial charge in [-0.2, -0.15) is 0 Å². The van der Waals surface area contributed by atoms with Crippen molar-refractivity contribution in [2.24, 2.45) is 0 Å². The van der Waals surface area contributed by atoms with Crippen LogP contribution in [0, 0.1) is 13.8 Å².